The number of nitrogen functional groups attached to an aromatic ring is 1. The van der Waals surface area contributed by atoms with Crippen LogP contribution in [-0.2, 0) is 14.2 Å². The average molecular weight is 340 g/mol. The molecule has 0 aromatic carbocycles. The van der Waals surface area contributed by atoms with Crippen LogP contribution in [0.2, 0.25) is 10.0 Å². The highest BCUT2D eigenvalue weighted by Gasteiger charge is 2.09. The van der Waals surface area contributed by atoms with Crippen molar-refractivity contribution in [3.63, 3.8) is 0 Å². The first kappa shape index (κ1) is 18.2. The van der Waals surface area contributed by atoms with Gasteiger partial charge in [-0.15, -0.1) is 0 Å². The van der Waals surface area contributed by atoms with Gasteiger partial charge in [-0.1, -0.05) is 23.2 Å². The number of pyridine rings is 1. The molecule has 1 rings (SSSR count). The summed E-state index contributed by atoms with van der Waals surface area (Å²) in [7, 11) is 1.62. The van der Waals surface area contributed by atoms with Gasteiger partial charge < -0.3 is 24.4 Å². The van der Waals surface area contributed by atoms with Crippen molar-refractivity contribution in [2.45, 2.75) is 0 Å². The normalized spacial score (nSPS) is 10.7. The molecule has 0 aliphatic rings. The van der Waals surface area contributed by atoms with Gasteiger partial charge in [0.1, 0.15) is 11.6 Å². The Morgan fingerprint density at radius 1 is 1.05 bits per heavy atom. The summed E-state index contributed by atoms with van der Waals surface area (Å²) in [6.07, 6.45) is 0. The van der Waals surface area contributed by atoms with Crippen molar-refractivity contribution in [1.29, 1.82) is 0 Å². The molecule has 0 atom stereocenters. The molecule has 0 bridgehead atoms. The Hall–Kier alpha value is -0.830. The van der Waals surface area contributed by atoms with Gasteiger partial charge in [0.2, 0.25) is 5.88 Å². The van der Waals surface area contributed by atoms with E-state index in [0.29, 0.717) is 55.5 Å². The number of rotatable bonds is 11. The standard InChI is InChI=1S/C12H19Cl2N3O4/c1-18-2-3-19-4-5-20-6-7-21-12-10(14)8-9(13)11(16-12)17-15/h8H,2-7,15H2,1H3,(H,16,17). The van der Waals surface area contributed by atoms with Crippen LogP contribution in [0, 0.1) is 0 Å². The number of hydrogen-bond acceptors (Lipinski definition) is 7. The monoisotopic (exact) mass is 339 g/mol. The summed E-state index contributed by atoms with van der Waals surface area (Å²) in [4.78, 5) is 4.04. The number of hydrogen-bond donors (Lipinski definition) is 2. The van der Waals surface area contributed by atoms with E-state index in [1.807, 2.05) is 0 Å². The molecule has 120 valence electrons. The maximum Gasteiger partial charge on any atom is 0.234 e. The third kappa shape index (κ3) is 7.12. The van der Waals surface area contributed by atoms with Crippen molar-refractivity contribution < 1.29 is 18.9 Å². The van der Waals surface area contributed by atoms with E-state index in [1.165, 1.54) is 6.07 Å². The Balaban J connectivity index is 2.18. The van der Waals surface area contributed by atoms with Crippen LogP contribution in [0.25, 0.3) is 0 Å². The molecule has 7 nitrogen and oxygen atoms in total. The fourth-order valence-electron chi connectivity index (χ4n) is 1.31. The van der Waals surface area contributed by atoms with Crippen molar-refractivity contribution in [3.8, 4) is 5.88 Å². The second-order valence-electron chi connectivity index (χ2n) is 3.82. The Bertz CT molecular complexity index is 424. The van der Waals surface area contributed by atoms with Crippen molar-refractivity contribution in [2.75, 3.05) is 52.2 Å². The molecular formula is C12H19Cl2N3O4. The SMILES string of the molecule is COCCOCCOCCOc1nc(NN)c(Cl)cc1Cl. The first-order valence-electron chi connectivity index (χ1n) is 6.29. The van der Waals surface area contributed by atoms with Gasteiger partial charge in [0.15, 0.2) is 5.82 Å². The van der Waals surface area contributed by atoms with Gasteiger partial charge in [0, 0.05) is 7.11 Å². The van der Waals surface area contributed by atoms with E-state index in [4.69, 9.17) is 48.0 Å². The smallest absolute Gasteiger partial charge is 0.234 e. The van der Waals surface area contributed by atoms with E-state index < -0.39 is 0 Å². The average Bonchev–Trinajstić information content (AvgIpc) is 2.47. The molecule has 0 spiro atoms. The topological polar surface area (TPSA) is 87.9 Å². The Morgan fingerprint density at radius 3 is 2.29 bits per heavy atom. The third-order valence-corrected chi connectivity index (χ3v) is 2.86. The molecule has 0 aliphatic heterocycles. The summed E-state index contributed by atoms with van der Waals surface area (Å²) < 4.78 is 20.8. The number of ether oxygens (including phenoxy) is 4. The fourth-order valence-corrected chi connectivity index (χ4v) is 1.78. The van der Waals surface area contributed by atoms with Crippen LogP contribution in [0.5, 0.6) is 5.88 Å². The van der Waals surface area contributed by atoms with Gasteiger partial charge in [0.05, 0.1) is 38.1 Å². The number of nitrogens with zero attached hydrogens (tertiary/aromatic N) is 1. The predicted molar refractivity (Wildman–Crippen MR) is 81.1 cm³/mol. The molecule has 3 N–H and O–H groups in total. The quantitative estimate of drug-likeness (QED) is 0.360. The molecule has 0 aliphatic carbocycles. The minimum absolute atomic E-state index is 0.244. The molecule has 21 heavy (non-hydrogen) atoms. The second kappa shape index (κ2) is 10.8. The summed E-state index contributed by atoms with van der Waals surface area (Å²) in [5.74, 6) is 5.81. The largest absolute Gasteiger partial charge is 0.474 e. The molecule has 1 aromatic heterocycles. The maximum absolute atomic E-state index is 5.96. The summed E-state index contributed by atoms with van der Waals surface area (Å²) >= 11 is 11.8. The maximum atomic E-state index is 5.96. The van der Waals surface area contributed by atoms with Crippen LogP contribution in [0.4, 0.5) is 5.82 Å². The van der Waals surface area contributed by atoms with Crippen molar-refractivity contribution in [1.82, 2.24) is 4.98 Å². The van der Waals surface area contributed by atoms with Crippen LogP contribution >= 0.6 is 23.2 Å². The molecule has 1 aromatic rings. The second-order valence-corrected chi connectivity index (χ2v) is 4.63. The van der Waals surface area contributed by atoms with Gasteiger partial charge in [-0.25, -0.2) is 5.84 Å². The summed E-state index contributed by atoms with van der Waals surface area (Å²) in [5.41, 5.74) is 2.36. The number of aromatic nitrogens is 1. The van der Waals surface area contributed by atoms with Gasteiger partial charge >= 0.3 is 0 Å². The third-order valence-electron chi connectivity index (χ3n) is 2.30. The summed E-state index contributed by atoms with van der Waals surface area (Å²) in [6, 6.07) is 1.51. The number of hydrazine groups is 1. The lowest BCUT2D eigenvalue weighted by Crippen LogP contribution is -2.14. The molecule has 1 heterocycles. The van der Waals surface area contributed by atoms with E-state index in [1.54, 1.807) is 7.11 Å². The van der Waals surface area contributed by atoms with Crippen LogP contribution in [0.1, 0.15) is 0 Å². The van der Waals surface area contributed by atoms with E-state index in [9.17, 15) is 0 Å². The number of methoxy groups -OCH3 is 1. The Labute approximate surface area is 133 Å². The lowest BCUT2D eigenvalue weighted by Gasteiger charge is -2.10. The van der Waals surface area contributed by atoms with E-state index in [2.05, 4.69) is 10.4 Å². The highest BCUT2D eigenvalue weighted by atomic mass is 35.5. The molecule has 0 radical (unpaired) electrons. The van der Waals surface area contributed by atoms with Crippen LogP contribution in [-0.4, -0.2) is 51.7 Å². The molecule has 0 fully saturated rings. The molecule has 9 heteroatoms. The number of nitrogens with two attached hydrogens (primary N) is 1. The number of anilines is 1. The highest BCUT2D eigenvalue weighted by molar-refractivity contribution is 6.36. The van der Waals surface area contributed by atoms with Crippen LogP contribution in [0.15, 0.2) is 6.07 Å². The Morgan fingerprint density at radius 2 is 1.67 bits per heavy atom. The van der Waals surface area contributed by atoms with Gasteiger partial charge in [0.25, 0.3) is 0 Å². The van der Waals surface area contributed by atoms with Gasteiger partial charge in [-0.05, 0) is 6.07 Å². The van der Waals surface area contributed by atoms with E-state index >= 15 is 0 Å². The van der Waals surface area contributed by atoms with Crippen molar-refractivity contribution in [3.05, 3.63) is 16.1 Å². The van der Waals surface area contributed by atoms with Gasteiger partial charge in [-0.3, -0.25) is 0 Å². The Kier molecular flexibility index (Phi) is 9.40. The summed E-state index contributed by atoms with van der Waals surface area (Å²) in [5, 5.41) is 0.626. The number of halogens is 2. The minimum Gasteiger partial charge on any atom is -0.474 e. The molecular weight excluding hydrogens is 321 g/mol. The summed E-state index contributed by atoms with van der Waals surface area (Å²) in [6.45, 7) is 2.79. The molecule has 0 saturated heterocycles. The molecule has 0 unspecified atom stereocenters. The van der Waals surface area contributed by atoms with Crippen molar-refractivity contribution in [2.24, 2.45) is 5.84 Å². The molecule has 0 amide bonds. The highest BCUT2D eigenvalue weighted by Crippen LogP contribution is 2.30. The first-order chi connectivity index (χ1) is 10.2. The zero-order valence-corrected chi connectivity index (χ0v) is 13.2. The first-order valence-corrected chi connectivity index (χ1v) is 7.04. The zero-order valence-electron chi connectivity index (χ0n) is 11.7. The van der Waals surface area contributed by atoms with Gasteiger partial charge in [-0.2, -0.15) is 4.98 Å². The van der Waals surface area contributed by atoms with E-state index in [0.717, 1.165) is 0 Å². The lowest BCUT2D eigenvalue weighted by atomic mass is 10.4. The lowest BCUT2D eigenvalue weighted by molar-refractivity contribution is 0.0177. The molecule has 0 saturated carbocycles. The zero-order chi connectivity index (χ0) is 15.5. The van der Waals surface area contributed by atoms with Crippen molar-refractivity contribution >= 4 is 29.0 Å². The van der Waals surface area contributed by atoms with Crippen LogP contribution in [0.3, 0.4) is 0 Å². The van der Waals surface area contributed by atoms with E-state index in [-0.39, 0.29) is 5.88 Å². The van der Waals surface area contributed by atoms with Crippen LogP contribution < -0.4 is 16.0 Å². The minimum atomic E-state index is 0.244. The predicted octanol–water partition coefficient (Wildman–Crippen LogP) is 1.73. The number of nitrogens with one attached hydrogen (secondary N) is 1. The fraction of sp³-hybridized carbons (Fsp3) is 0.583.